The van der Waals surface area contributed by atoms with E-state index in [1.807, 2.05) is 0 Å². The average molecular weight is 284 g/mol. The van der Waals surface area contributed by atoms with Crippen molar-refractivity contribution < 1.29 is 19.7 Å². The van der Waals surface area contributed by atoms with Gasteiger partial charge in [0.2, 0.25) is 0 Å². The van der Waals surface area contributed by atoms with Crippen molar-refractivity contribution in [3.8, 4) is 0 Å². The van der Waals surface area contributed by atoms with E-state index in [1.165, 1.54) is 0 Å². The van der Waals surface area contributed by atoms with E-state index in [0.717, 1.165) is 0 Å². The van der Waals surface area contributed by atoms with Crippen molar-refractivity contribution in [2.75, 3.05) is 5.75 Å². The monoisotopic (exact) mass is 284 g/mol. The summed E-state index contributed by atoms with van der Waals surface area (Å²) in [5.41, 5.74) is 0.400. The fourth-order valence-electron chi connectivity index (χ4n) is 1.48. The molecule has 2 N–H and O–H groups in total. The zero-order valence-electron chi connectivity index (χ0n) is 11.3. The Labute approximate surface area is 118 Å². The molecule has 0 aliphatic rings. The molecule has 0 spiro atoms. The zero-order chi connectivity index (χ0) is 14.6. The van der Waals surface area contributed by atoms with Crippen molar-refractivity contribution in [3.05, 3.63) is 35.4 Å². The molecule has 1 rings (SSSR count). The van der Waals surface area contributed by atoms with E-state index in [0.29, 0.717) is 11.1 Å². The number of aliphatic hydroxyl groups excluding tert-OH is 2. The van der Waals surface area contributed by atoms with Gasteiger partial charge in [-0.05, 0) is 38.5 Å². The van der Waals surface area contributed by atoms with Crippen molar-refractivity contribution in [1.82, 2.24) is 0 Å². The van der Waals surface area contributed by atoms with Crippen LogP contribution in [0.25, 0.3) is 0 Å². The number of carbonyl (C=O) groups excluding carboxylic acids is 1. The predicted octanol–water partition coefficient (Wildman–Crippen LogP) is 1.97. The summed E-state index contributed by atoms with van der Waals surface area (Å²) in [6.45, 7) is 5.39. The number of aliphatic hydroxyl groups is 2. The first-order valence-electron chi connectivity index (χ1n) is 6.05. The van der Waals surface area contributed by atoms with Gasteiger partial charge in [-0.3, -0.25) is 0 Å². The first-order valence-corrected chi connectivity index (χ1v) is 6.68. The number of carbonyl (C=O) groups is 1. The summed E-state index contributed by atoms with van der Waals surface area (Å²) in [6.07, 6.45) is -1.94. The number of thiol groups is 1. The van der Waals surface area contributed by atoms with Crippen LogP contribution in [0.4, 0.5) is 0 Å². The highest BCUT2D eigenvalue weighted by Crippen LogP contribution is 2.19. The molecule has 2 unspecified atom stereocenters. The Hall–Kier alpha value is -1.04. The van der Waals surface area contributed by atoms with E-state index in [1.54, 1.807) is 45.0 Å². The van der Waals surface area contributed by atoms with Crippen molar-refractivity contribution in [2.24, 2.45) is 0 Å². The first-order chi connectivity index (χ1) is 8.74. The van der Waals surface area contributed by atoms with Gasteiger partial charge >= 0.3 is 5.97 Å². The van der Waals surface area contributed by atoms with E-state index >= 15 is 0 Å². The Balaban J connectivity index is 2.79. The number of hydrogen-bond donors (Lipinski definition) is 3. The first kappa shape index (κ1) is 16.0. The van der Waals surface area contributed by atoms with Crippen LogP contribution in [-0.4, -0.2) is 33.6 Å². The molecule has 1 aromatic carbocycles. The van der Waals surface area contributed by atoms with Crippen LogP contribution < -0.4 is 0 Å². The summed E-state index contributed by atoms with van der Waals surface area (Å²) < 4.78 is 5.23. The van der Waals surface area contributed by atoms with Crippen LogP contribution in [0.3, 0.4) is 0 Å². The number of esters is 1. The van der Waals surface area contributed by atoms with Gasteiger partial charge in [0, 0.05) is 5.75 Å². The smallest absolute Gasteiger partial charge is 0.338 e. The highest BCUT2D eigenvalue weighted by molar-refractivity contribution is 7.80. The van der Waals surface area contributed by atoms with E-state index < -0.39 is 23.8 Å². The molecule has 0 aromatic heterocycles. The minimum atomic E-state index is -1.01. The fourth-order valence-corrected chi connectivity index (χ4v) is 1.68. The van der Waals surface area contributed by atoms with Gasteiger partial charge in [-0.2, -0.15) is 12.6 Å². The lowest BCUT2D eigenvalue weighted by Gasteiger charge is -2.20. The molecule has 0 heterocycles. The molecule has 0 amide bonds. The lowest BCUT2D eigenvalue weighted by atomic mass is 10.0. The molecular weight excluding hydrogens is 264 g/mol. The molecule has 0 fully saturated rings. The molecular formula is C14H20O4S. The number of hydrogen-bond acceptors (Lipinski definition) is 5. The van der Waals surface area contributed by atoms with Gasteiger partial charge in [0.1, 0.15) is 11.7 Å². The Morgan fingerprint density at radius 1 is 1.26 bits per heavy atom. The lowest BCUT2D eigenvalue weighted by molar-refractivity contribution is 0.00691. The van der Waals surface area contributed by atoms with Crippen LogP contribution in [0.2, 0.25) is 0 Å². The average Bonchev–Trinajstić information content (AvgIpc) is 2.35. The molecule has 2 atom stereocenters. The number of benzene rings is 1. The third-order valence-electron chi connectivity index (χ3n) is 2.44. The van der Waals surface area contributed by atoms with Gasteiger partial charge in [-0.25, -0.2) is 4.79 Å². The molecule has 0 bridgehead atoms. The van der Waals surface area contributed by atoms with Crippen LogP contribution in [0, 0.1) is 0 Å². The third-order valence-corrected chi connectivity index (χ3v) is 2.81. The maximum absolute atomic E-state index is 11.8. The Bertz CT molecular complexity index is 422. The van der Waals surface area contributed by atoms with Gasteiger partial charge in [0.15, 0.2) is 0 Å². The molecule has 5 heteroatoms. The molecule has 0 aliphatic heterocycles. The molecule has 0 saturated heterocycles. The van der Waals surface area contributed by atoms with Gasteiger partial charge in [-0.1, -0.05) is 12.1 Å². The van der Waals surface area contributed by atoms with Crippen molar-refractivity contribution in [1.29, 1.82) is 0 Å². The SMILES string of the molecule is CC(C)(C)OC(=O)c1ccc(C(O)C(O)CS)cc1. The minimum absolute atomic E-state index is 0.162. The van der Waals surface area contributed by atoms with E-state index in [4.69, 9.17) is 4.74 Å². The second-order valence-corrected chi connectivity index (χ2v) is 5.68. The van der Waals surface area contributed by atoms with Gasteiger partial charge in [-0.15, -0.1) is 0 Å². The van der Waals surface area contributed by atoms with Crippen LogP contribution >= 0.6 is 12.6 Å². The van der Waals surface area contributed by atoms with E-state index in [9.17, 15) is 15.0 Å². The Morgan fingerprint density at radius 2 is 1.79 bits per heavy atom. The van der Waals surface area contributed by atoms with Crippen molar-refractivity contribution in [3.63, 3.8) is 0 Å². The highest BCUT2D eigenvalue weighted by atomic mass is 32.1. The van der Waals surface area contributed by atoms with Gasteiger partial charge < -0.3 is 14.9 Å². The lowest BCUT2D eigenvalue weighted by Crippen LogP contribution is -2.24. The quantitative estimate of drug-likeness (QED) is 0.584. The summed E-state index contributed by atoms with van der Waals surface area (Å²) in [5.74, 6) is -0.252. The topological polar surface area (TPSA) is 66.8 Å². The largest absolute Gasteiger partial charge is 0.456 e. The zero-order valence-corrected chi connectivity index (χ0v) is 12.2. The summed E-state index contributed by atoms with van der Waals surface area (Å²) in [5, 5.41) is 19.3. The van der Waals surface area contributed by atoms with Crippen molar-refractivity contribution in [2.45, 2.75) is 38.6 Å². The predicted molar refractivity (Wildman–Crippen MR) is 76.4 cm³/mol. The number of ether oxygens (including phenoxy) is 1. The summed E-state index contributed by atoms with van der Waals surface area (Å²) in [7, 11) is 0. The third kappa shape index (κ3) is 4.86. The maximum atomic E-state index is 11.8. The molecule has 0 saturated carbocycles. The van der Waals surface area contributed by atoms with Crippen molar-refractivity contribution >= 4 is 18.6 Å². The van der Waals surface area contributed by atoms with Gasteiger partial charge in [0.25, 0.3) is 0 Å². The second-order valence-electron chi connectivity index (χ2n) is 5.32. The standard InChI is InChI=1S/C14H20O4S/c1-14(2,3)18-13(17)10-6-4-9(5-7-10)12(16)11(15)8-19/h4-7,11-12,15-16,19H,8H2,1-3H3. The van der Waals surface area contributed by atoms with Crippen LogP contribution in [0.5, 0.6) is 0 Å². The summed E-state index contributed by atoms with van der Waals surface area (Å²) in [6, 6.07) is 6.32. The molecule has 0 aliphatic carbocycles. The van der Waals surface area contributed by atoms with E-state index in [-0.39, 0.29) is 5.75 Å². The highest BCUT2D eigenvalue weighted by Gasteiger charge is 2.20. The molecule has 19 heavy (non-hydrogen) atoms. The van der Waals surface area contributed by atoms with Crippen LogP contribution in [0.1, 0.15) is 42.8 Å². The minimum Gasteiger partial charge on any atom is -0.456 e. The number of rotatable bonds is 4. The molecule has 1 aromatic rings. The Kier molecular flexibility index (Phi) is 5.40. The Morgan fingerprint density at radius 3 is 2.21 bits per heavy atom. The van der Waals surface area contributed by atoms with Crippen LogP contribution in [-0.2, 0) is 4.74 Å². The molecule has 4 nitrogen and oxygen atoms in total. The van der Waals surface area contributed by atoms with Gasteiger partial charge in [0.05, 0.1) is 11.7 Å². The molecule has 0 radical (unpaired) electrons. The van der Waals surface area contributed by atoms with E-state index in [2.05, 4.69) is 12.6 Å². The molecule has 106 valence electrons. The normalized spacial score (nSPS) is 14.8. The maximum Gasteiger partial charge on any atom is 0.338 e. The fraction of sp³-hybridized carbons (Fsp3) is 0.500. The second kappa shape index (κ2) is 6.41. The van der Waals surface area contributed by atoms with Crippen LogP contribution in [0.15, 0.2) is 24.3 Å². The summed E-state index contributed by atoms with van der Waals surface area (Å²) in [4.78, 5) is 11.8. The summed E-state index contributed by atoms with van der Waals surface area (Å²) >= 11 is 3.92.